The van der Waals surface area contributed by atoms with E-state index in [0.29, 0.717) is 25.5 Å². The van der Waals surface area contributed by atoms with Gasteiger partial charge in [-0.25, -0.2) is 12.7 Å². The van der Waals surface area contributed by atoms with Crippen LogP contribution in [0.2, 0.25) is 0 Å². The second kappa shape index (κ2) is 6.68. The van der Waals surface area contributed by atoms with Crippen LogP contribution in [0.5, 0.6) is 0 Å². The summed E-state index contributed by atoms with van der Waals surface area (Å²) >= 11 is 0. The Bertz CT molecular complexity index is 309. The first-order valence-electron chi connectivity index (χ1n) is 6.25. The standard InChI is InChI=1S/C11H24N2O3S/c1-3-11(7-12)17(14,15)13(2)8-10-5-4-6-16-9-10/h10-11H,3-9,12H2,1-2H3. The van der Waals surface area contributed by atoms with E-state index >= 15 is 0 Å². The normalized spacial score (nSPS) is 23.9. The zero-order valence-corrected chi connectivity index (χ0v) is 11.6. The van der Waals surface area contributed by atoms with Crippen molar-refractivity contribution in [3.63, 3.8) is 0 Å². The highest BCUT2D eigenvalue weighted by Gasteiger charge is 2.29. The molecule has 0 aromatic rings. The number of sulfonamides is 1. The van der Waals surface area contributed by atoms with Gasteiger partial charge in [0.05, 0.1) is 11.9 Å². The van der Waals surface area contributed by atoms with Crippen LogP contribution >= 0.6 is 0 Å². The molecule has 2 unspecified atom stereocenters. The summed E-state index contributed by atoms with van der Waals surface area (Å²) in [4.78, 5) is 0. The van der Waals surface area contributed by atoms with Crippen molar-refractivity contribution >= 4 is 10.0 Å². The molecule has 0 aromatic carbocycles. The predicted molar refractivity (Wildman–Crippen MR) is 68.2 cm³/mol. The number of rotatable bonds is 6. The van der Waals surface area contributed by atoms with Gasteiger partial charge in [0.1, 0.15) is 0 Å². The average Bonchev–Trinajstić information content (AvgIpc) is 2.31. The van der Waals surface area contributed by atoms with Crippen LogP contribution in [0.25, 0.3) is 0 Å². The number of hydrogen-bond acceptors (Lipinski definition) is 4. The first-order chi connectivity index (χ1) is 8.02. The molecule has 2 N–H and O–H groups in total. The Morgan fingerprint density at radius 2 is 2.24 bits per heavy atom. The molecule has 0 bridgehead atoms. The van der Waals surface area contributed by atoms with Crippen molar-refractivity contribution in [1.29, 1.82) is 0 Å². The lowest BCUT2D eigenvalue weighted by Gasteiger charge is -2.28. The summed E-state index contributed by atoms with van der Waals surface area (Å²) in [7, 11) is -1.61. The minimum absolute atomic E-state index is 0.185. The van der Waals surface area contributed by atoms with Crippen LogP contribution in [0.3, 0.4) is 0 Å². The smallest absolute Gasteiger partial charge is 0.217 e. The molecule has 1 rings (SSSR count). The van der Waals surface area contributed by atoms with E-state index in [1.54, 1.807) is 7.05 Å². The number of ether oxygens (including phenoxy) is 1. The summed E-state index contributed by atoms with van der Waals surface area (Å²) in [6, 6.07) is 0. The number of nitrogens with zero attached hydrogens (tertiary/aromatic N) is 1. The fraction of sp³-hybridized carbons (Fsp3) is 1.00. The summed E-state index contributed by atoms with van der Waals surface area (Å²) in [5.74, 6) is 0.318. The van der Waals surface area contributed by atoms with Gasteiger partial charge in [-0.3, -0.25) is 0 Å². The summed E-state index contributed by atoms with van der Waals surface area (Å²) in [6.07, 6.45) is 2.62. The van der Waals surface area contributed by atoms with E-state index in [-0.39, 0.29) is 6.54 Å². The van der Waals surface area contributed by atoms with Crippen LogP contribution in [-0.2, 0) is 14.8 Å². The summed E-state index contributed by atoms with van der Waals surface area (Å²) in [5, 5.41) is -0.461. The fourth-order valence-corrected chi connectivity index (χ4v) is 3.76. The second-order valence-electron chi connectivity index (χ2n) is 4.67. The van der Waals surface area contributed by atoms with E-state index in [4.69, 9.17) is 10.5 Å². The van der Waals surface area contributed by atoms with Gasteiger partial charge in [-0.2, -0.15) is 0 Å². The molecule has 0 amide bonds. The van der Waals surface area contributed by atoms with Gasteiger partial charge in [-0.15, -0.1) is 0 Å². The molecule has 5 nitrogen and oxygen atoms in total. The molecule has 1 heterocycles. The highest BCUT2D eigenvalue weighted by Crippen LogP contribution is 2.18. The van der Waals surface area contributed by atoms with Crippen LogP contribution < -0.4 is 5.73 Å². The van der Waals surface area contributed by atoms with Crippen LogP contribution in [0.4, 0.5) is 0 Å². The van der Waals surface area contributed by atoms with Crippen molar-refractivity contribution in [2.45, 2.75) is 31.4 Å². The molecule has 0 spiro atoms. The van der Waals surface area contributed by atoms with Gasteiger partial charge in [0.15, 0.2) is 0 Å². The maximum absolute atomic E-state index is 12.2. The maximum atomic E-state index is 12.2. The molecule has 0 radical (unpaired) electrons. The minimum Gasteiger partial charge on any atom is -0.381 e. The van der Waals surface area contributed by atoms with Crippen molar-refractivity contribution in [2.24, 2.45) is 11.7 Å². The molecular formula is C11H24N2O3S. The molecular weight excluding hydrogens is 240 g/mol. The quantitative estimate of drug-likeness (QED) is 0.754. The third kappa shape index (κ3) is 3.91. The van der Waals surface area contributed by atoms with Crippen molar-refractivity contribution in [3.8, 4) is 0 Å². The Morgan fingerprint density at radius 3 is 2.71 bits per heavy atom. The fourth-order valence-electron chi connectivity index (χ4n) is 2.17. The molecule has 2 atom stereocenters. The van der Waals surface area contributed by atoms with Gasteiger partial charge in [-0.05, 0) is 25.2 Å². The molecule has 1 saturated heterocycles. The summed E-state index contributed by atoms with van der Waals surface area (Å²) < 4.78 is 31.2. The lowest BCUT2D eigenvalue weighted by Crippen LogP contribution is -2.43. The largest absolute Gasteiger partial charge is 0.381 e. The van der Waals surface area contributed by atoms with Gasteiger partial charge in [0, 0.05) is 26.7 Å². The summed E-state index contributed by atoms with van der Waals surface area (Å²) in [6.45, 7) is 4.04. The van der Waals surface area contributed by atoms with Crippen LogP contribution in [0.1, 0.15) is 26.2 Å². The third-order valence-corrected chi connectivity index (χ3v) is 5.73. The second-order valence-corrected chi connectivity index (χ2v) is 6.99. The number of nitrogens with two attached hydrogens (primary N) is 1. The van der Waals surface area contributed by atoms with E-state index in [9.17, 15) is 8.42 Å². The lowest BCUT2D eigenvalue weighted by atomic mass is 10.0. The van der Waals surface area contributed by atoms with Gasteiger partial charge in [0.2, 0.25) is 10.0 Å². The van der Waals surface area contributed by atoms with E-state index in [1.165, 1.54) is 4.31 Å². The maximum Gasteiger partial charge on any atom is 0.217 e. The van der Waals surface area contributed by atoms with E-state index in [2.05, 4.69) is 0 Å². The van der Waals surface area contributed by atoms with Gasteiger partial charge >= 0.3 is 0 Å². The number of hydrogen-bond donors (Lipinski definition) is 1. The molecule has 0 aromatic heterocycles. The SMILES string of the molecule is CCC(CN)S(=O)(=O)N(C)CC1CCCOC1. The molecule has 102 valence electrons. The Labute approximate surface area is 104 Å². The molecule has 17 heavy (non-hydrogen) atoms. The van der Waals surface area contributed by atoms with Crippen molar-refractivity contribution in [1.82, 2.24) is 4.31 Å². The first kappa shape index (κ1) is 14.9. The molecule has 6 heteroatoms. The van der Waals surface area contributed by atoms with E-state index in [0.717, 1.165) is 19.4 Å². The predicted octanol–water partition coefficient (Wildman–Crippen LogP) is 0.412. The Kier molecular flexibility index (Phi) is 5.85. The molecule has 0 saturated carbocycles. The zero-order chi connectivity index (χ0) is 12.9. The van der Waals surface area contributed by atoms with E-state index < -0.39 is 15.3 Å². The first-order valence-corrected chi connectivity index (χ1v) is 7.75. The Hall–Kier alpha value is -0.170. The van der Waals surface area contributed by atoms with Crippen LogP contribution in [0.15, 0.2) is 0 Å². The van der Waals surface area contributed by atoms with Crippen LogP contribution in [0, 0.1) is 5.92 Å². The highest BCUT2D eigenvalue weighted by molar-refractivity contribution is 7.89. The monoisotopic (exact) mass is 264 g/mol. The van der Waals surface area contributed by atoms with Gasteiger partial charge in [0.25, 0.3) is 0 Å². The highest BCUT2D eigenvalue weighted by atomic mass is 32.2. The van der Waals surface area contributed by atoms with Gasteiger partial charge in [-0.1, -0.05) is 6.92 Å². The zero-order valence-electron chi connectivity index (χ0n) is 10.8. The van der Waals surface area contributed by atoms with Crippen LogP contribution in [-0.4, -0.2) is 51.3 Å². The molecule has 0 aliphatic carbocycles. The summed E-state index contributed by atoms with van der Waals surface area (Å²) in [5.41, 5.74) is 5.51. The molecule has 1 aliphatic rings. The average molecular weight is 264 g/mol. The van der Waals surface area contributed by atoms with E-state index in [1.807, 2.05) is 6.92 Å². The third-order valence-electron chi connectivity index (χ3n) is 3.34. The minimum atomic E-state index is -3.25. The Morgan fingerprint density at radius 1 is 1.53 bits per heavy atom. The van der Waals surface area contributed by atoms with Crippen molar-refractivity contribution in [3.05, 3.63) is 0 Å². The molecule has 1 fully saturated rings. The lowest BCUT2D eigenvalue weighted by molar-refractivity contribution is 0.0494. The van der Waals surface area contributed by atoms with Gasteiger partial charge < -0.3 is 10.5 Å². The topological polar surface area (TPSA) is 72.6 Å². The van der Waals surface area contributed by atoms with Crippen molar-refractivity contribution in [2.75, 3.05) is 33.4 Å². The van der Waals surface area contributed by atoms with Crippen molar-refractivity contribution < 1.29 is 13.2 Å². The Balaban J connectivity index is 2.58. The molecule has 1 aliphatic heterocycles.